The van der Waals surface area contributed by atoms with Crippen LogP contribution in [0, 0.1) is 16.0 Å². The van der Waals surface area contributed by atoms with Crippen molar-refractivity contribution in [3.05, 3.63) is 27.5 Å². The first-order valence-electron chi connectivity index (χ1n) is 5.19. The van der Waals surface area contributed by atoms with E-state index in [1.807, 2.05) is 0 Å². The maximum Gasteiger partial charge on any atom is 0.329 e. The molecule has 0 saturated carbocycles. The normalized spacial score (nSPS) is 19.3. The number of carbonyl (C=O) groups excluding carboxylic acids is 1. The van der Waals surface area contributed by atoms with Gasteiger partial charge in [0.2, 0.25) is 11.1 Å². The highest BCUT2D eigenvalue weighted by Gasteiger charge is 2.35. The third kappa shape index (κ3) is 2.26. The number of carbonyl (C=O) groups is 1. The molecule has 0 aromatic carbocycles. The van der Waals surface area contributed by atoms with Crippen molar-refractivity contribution < 1.29 is 9.72 Å². The van der Waals surface area contributed by atoms with Crippen LogP contribution in [0.2, 0.25) is 5.15 Å². The van der Waals surface area contributed by atoms with E-state index in [1.165, 1.54) is 17.2 Å². The first kappa shape index (κ1) is 13.0. The van der Waals surface area contributed by atoms with E-state index in [2.05, 4.69) is 4.98 Å². The van der Waals surface area contributed by atoms with Gasteiger partial charge in [-0.2, -0.15) is 0 Å². The second kappa shape index (κ2) is 5.07. The number of nitro groups is 1. The van der Waals surface area contributed by atoms with Crippen LogP contribution in [0.25, 0.3) is 0 Å². The number of nitrogens with zero attached hydrogens (tertiary/aromatic N) is 3. The molecule has 0 N–H and O–H groups in total. The van der Waals surface area contributed by atoms with Crippen molar-refractivity contribution >= 4 is 40.5 Å². The molecule has 1 unspecified atom stereocenters. The molecule has 6 nitrogen and oxygen atoms in total. The summed E-state index contributed by atoms with van der Waals surface area (Å²) in [7, 11) is 0. The van der Waals surface area contributed by atoms with Crippen LogP contribution < -0.4 is 4.90 Å². The minimum atomic E-state index is -0.633. The summed E-state index contributed by atoms with van der Waals surface area (Å²) in [5.74, 6) is 0.159. The van der Waals surface area contributed by atoms with Crippen molar-refractivity contribution in [1.82, 2.24) is 4.98 Å². The van der Waals surface area contributed by atoms with Gasteiger partial charge in [0.05, 0.1) is 4.92 Å². The Hall–Kier alpha value is -1.40. The van der Waals surface area contributed by atoms with Crippen LogP contribution in [0.3, 0.4) is 0 Å². The standard InChI is InChI=1S/C10H9Cl2N3O3/c11-4-6-3-8(16)14(5-6)7-1-2-13-10(12)9(7)15(17)18/h1-2,6H,3-5H2. The molecular formula is C10H9Cl2N3O3. The number of halogens is 2. The lowest BCUT2D eigenvalue weighted by molar-refractivity contribution is -0.384. The molecule has 1 fully saturated rings. The lowest BCUT2D eigenvalue weighted by Gasteiger charge is -2.16. The van der Waals surface area contributed by atoms with Gasteiger partial charge in [-0.05, 0) is 12.0 Å². The van der Waals surface area contributed by atoms with E-state index in [1.54, 1.807) is 0 Å². The molecule has 96 valence electrons. The van der Waals surface area contributed by atoms with Gasteiger partial charge in [0.25, 0.3) is 0 Å². The van der Waals surface area contributed by atoms with Gasteiger partial charge >= 0.3 is 5.69 Å². The SMILES string of the molecule is O=C1CC(CCl)CN1c1ccnc(Cl)c1[N+](=O)[O-]. The molecule has 1 atom stereocenters. The summed E-state index contributed by atoms with van der Waals surface area (Å²) >= 11 is 11.4. The number of anilines is 1. The molecule has 0 bridgehead atoms. The average molecular weight is 290 g/mol. The molecule has 1 amide bonds. The highest BCUT2D eigenvalue weighted by Crippen LogP contribution is 2.36. The van der Waals surface area contributed by atoms with Crippen LogP contribution >= 0.6 is 23.2 Å². The van der Waals surface area contributed by atoms with Crippen LogP contribution in [0.5, 0.6) is 0 Å². The Morgan fingerprint density at radius 2 is 2.33 bits per heavy atom. The van der Waals surface area contributed by atoms with Gasteiger partial charge in [-0.3, -0.25) is 14.9 Å². The zero-order valence-corrected chi connectivity index (χ0v) is 10.7. The molecule has 0 aliphatic carbocycles. The molecule has 1 saturated heterocycles. The fraction of sp³-hybridized carbons (Fsp3) is 0.400. The van der Waals surface area contributed by atoms with Gasteiger partial charge in [-0.1, -0.05) is 11.6 Å². The summed E-state index contributed by atoms with van der Waals surface area (Å²) in [5, 5.41) is 10.8. The molecule has 0 radical (unpaired) electrons. The lowest BCUT2D eigenvalue weighted by atomic mass is 10.1. The number of aromatic nitrogens is 1. The van der Waals surface area contributed by atoms with E-state index in [9.17, 15) is 14.9 Å². The number of pyridine rings is 1. The van der Waals surface area contributed by atoms with Gasteiger partial charge in [0.15, 0.2) is 0 Å². The Bertz CT molecular complexity index is 509. The molecular weight excluding hydrogens is 281 g/mol. The highest BCUT2D eigenvalue weighted by molar-refractivity contribution is 6.32. The van der Waals surface area contributed by atoms with Gasteiger partial charge in [-0.25, -0.2) is 4.98 Å². The molecule has 1 aromatic heterocycles. The maximum atomic E-state index is 11.8. The Morgan fingerprint density at radius 3 is 2.89 bits per heavy atom. The molecule has 8 heteroatoms. The molecule has 18 heavy (non-hydrogen) atoms. The van der Waals surface area contributed by atoms with Crippen molar-refractivity contribution in [1.29, 1.82) is 0 Å². The zero-order valence-electron chi connectivity index (χ0n) is 9.18. The monoisotopic (exact) mass is 289 g/mol. The second-order valence-electron chi connectivity index (χ2n) is 3.96. The second-order valence-corrected chi connectivity index (χ2v) is 4.62. The molecule has 2 heterocycles. The van der Waals surface area contributed by atoms with Crippen LogP contribution in [-0.4, -0.2) is 28.2 Å². The topological polar surface area (TPSA) is 76.3 Å². The van der Waals surface area contributed by atoms with Crippen LogP contribution in [0.1, 0.15) is 6.42 Å². The minimum Gasteiger partial charge on any atom is -0.306 e. The van der Waals surface area contributed by atoms with Crippen LogP contribution in [0.15, 0.2) is 12.3 Å². The number of hydrogen-bond donors (Lipinski definition) is 0. The summed E-state index contributed by atoms with van der Waals surface area (Å²) in [4.78, 5) is 27.2. The van der Waals surface area contributed by atoms with Crippen molar-refractivity contribution in [2.24, 2.45) is 5.92 Å². The van der Waals surface area contributed by atoms with E-state index in [0.29, 0.717) is 18.8 Å². The van der Waals surface area contributed by atoms with Crippen LogP contribution in [0.4, 0.5) is 11.4 Å². The molecule has 1 aromatic rings. The molecule has 2 rings (SSSR count). The fourth-order valence-electron chi connectivity index (χ4n) is 1.92. The molecule has 1 aliphatic rings. The summed E-state index contributed by atoms with van der Waals surface area (Å²) in [6, 6.07) is 1.42. The quantitative estimate of drug-likeness (QED) is 0.370. The van der Waals surface area contributed by atoms with Crippen LogP contribution in [-0.2, 0) is 4.79 Å². The van der Waals surface area contributed by atoms with E-state index in [0.717, 1.165) is 0 Å². The first-order valence-corrected chi connectivity index (χ1v) is 6.11. The van der Waals surface area contributed by atoms with Gasteiger partial charge in [0, 0.05) is 25.0 Å². The van der Waals surface area contributed by atoms with Gasteiger partial charge in [0.1, 0.15) is 5.69 Å². The van der Waals surface area contributed by atoms with E-state index < -0.39 is 4.92 Å². The molecule has 0 spiro atoms. The first-order chi connectivity index (χ1) is 8.54. The maximum absolute atomic E-state index is 11.8. The summed E-state index contributed by atoms with van der Waals surface area (Å²) in [6.45, 7) is 0.365. The van der Waals surface area contributed by atoms with E-state index in [-0.39, 0.29) is 28.4 Å². The smallest absolute Gasteiger partial charge is 0.306 e. The number of amides is 1. The number of hydrogen-bond acceptors (Lipinski definition) is 4. The van der Waals surface area contributed by atoms with E-state index >= 15 is 0 Å². The number of rotatable bonds is 3. The lowest BCUT2D eigenvalue weighted by Crippen LogP contribution is -2.25. The Labute approximate surface area is 113 Å². The Kier molecular flexibility index (Phi) is 3.68. The van der Waals surface area contributed by atoms with Gasteiger partial charge < -0.3 is 4.90 Å². The van der Waals surface area contributed by atoms with Crippen molar-refractivity contribution in [2.45, 2.75) is 6.42 Å². The number of alkyl halides is 1. The minimum absolute atomic E-state index is 0.00529. The fourth-order valence-corrected chi connectivity index (χ4v) is 2.35. The van der Waals surface area contributed by atoms with E-state index in [4.69, 9.17) is 23.2 Å². The predicted molar refractivity (Wildman–Crippen MR) is 67.1 cm³/mol. The Balaban J connectivity index is 2.43. The summed E-state index contributed by atoms with van der Waals surface area (Å²) in [6.07, 6.45) is 1.63. The third-order valence-corrected chi connectivity index (χ3v) is 3.47. The van der Waals surface area contributed by atoms with Gasteiger partial charge in [-0.15, -0.1) is 11.6 Å². The van der Waals surface area contributed by atoms with Crippen molar-refractivity contribution in [3.8, 4) is 0 Å². The van der Waals surface area contributed by atoms with Crippen molar-refractivity contribution in [3.63, 3.8) is 0 Å². The Morgan fingerprint density at radius 1 is 1.61 bits per heavy atom. The predicted octanol–water partition coefficient (Wildman–Crippen LogP) is 2.23. The zero-order chi connectivity index (χ0) is 13.3. The third-order valence-electron chi connectivity index (χ3n) is 2.76. The summed E-state index contributed by atoms with van der Waals surface area (Å²) < 4.78 is 0. The van der Waals surface area contributed by atoms with Crippen molar-refractivity contribution in [2.75, 3.05) is 17.3 Å². The summed E-state index contributed by atoms with van der Waals surface area (Å²) in [5.41, 5.74) is -0.166. The molecule has 1 aliphatic heterocycles. The average Bonchev–Trinajstić information content (AvgIpc) is 2.69. The largest absolute Gasteiger partial charge is 0.329 e. The highest BCUT2D eigenvalue weighted by atomic mass is 35.5.